The Hall–Kier alpha value is -3.67. The van der Waals surface area contributed by atoms with Crippen molar-refractivity contribution in [2.75, 3.05) is 6.61 Å². The zero-order valence-electron chi connectivity index (χ0n) is 16.3. The smallest absolute Gasteiger partial charge is 0.303 e. The van der Waals surface area contributed by atoms with Gasteiger partial charge in [-0.15, -0.1) is 0 Å². The molecule has 3 aromatic carbocycles. The fraction of sp³-hybridized carbons (Fsp3) is 0.167. The number of carboxylic acid groups (broad SMARTS) is 1. The van der Waals surface area contributed by atoms with E-state index in [9.17, 15) is 9.18 Å². The van der Waals surface area contributed by atoms with Crippen LogP contribution in [0.1, 0.15) is 17.5 Å². The van der Waals surface area contributed by atoms with Gasteiger partial charge in [-0.1, -0.05) is 30.3 Å². The lowest BCUT2D eigenvalue weighted by Crippen LogP contribution is -2.04. The third-order valence-electron chi connectivity index (χ3n) is 5.01. The maximum Gasteiger partial charge on any atom is 0.303 e. The number of aryl methyl sites for hydroxylation is 1. The van der Waals surface area contributed by atoms with Crippen LogP contribution >= 0.6 is 0 Å². The minimum atomic E-state index is -0.832. The minimum Gasteiger partial charge on any atom is -0.493 e. The first-order valence-corrected chi connectivity index (χ1v) is 9.74. The van der Waals surface area contributed by atoms with Gasteiger partial charge in [0, 0.05) is 23.8 Å². The molecule has 0 saturated carbocycles. The summed E-state index contributed by atoms with van der Waals surface area (Å²) in [5.41, 5.74) is 4.28. The second kappa shape index (κ2) is 8.78. The predicted octanol–water partition coefficient (Wildman–Crippen LogP) is 5.01. The Bertz CT molecular complexity index is 1190. The number of nitrogens with one attached hydrogen (secondary N) is 1. The maximum absolute atomic E-state index is 13.9. The summed E-state index contributed by atoms with van der Waals surface area (Å²) in [6, 6.07) is 18.3. The summed E-state index contributed by atoms with van der Waals surface area (Å²) in [7, 11) is 0. The van der Waals surface area contributed by atoms with Crippen molar-refractivity contribution in [2.24, 2.45) is 0 Å². The Morgan fingerprint density at radius 2 is 1.93 bits per heavy atom. The van der Waals surface area contributed by atoms with E-state index in [0.717, 1.165) is 27.6 Å². The molecule has 0 saturated heterocycles. The van der Waals surface area contributed by atoms with Gasteiger partial charge in [0.15, 0.2) is 0 Å². The van der Waals surface area contributed by atoms with Crippen LogP contribution in [0.15, 0.2) is 66.9 Å². The van der Waals surface area contributed by atoms with Crippen molar-refractivity contribution >= 4 is 16.9 Å². The highest BCUT2D eigenvalue weighted by Gasteiger charge is 2.11. The van der Waals surface area contributed by atoms with E-state index < -0.39 is 5.97 Å². The standard InChI is InChI=1S/C24H21FN2O3/c25-21-4-2-1-3-17(21)11-12-30-23-9-5-16(6-10-24(28)29)13-20(23)18-7-8-22-19(14-18)15-26-27-22/h1-5,7-9,13-15H,6,10-12H2,(H,26,27)(H,28,29). The number of aromatic amines is 1. The number of carboxylic acids is 1. The molecular weight excluding hydrogens is 383 g/mol. The molecule has 2 N–H and O–H groups in total. The molecule has 0 aliphatic rings. The van der Waals surface area contributed by atoms with Gasteiger partial charge in [-0.3, -0.25) is 9.89 Å². The Labute approximate surface area is 173 Å². The van der Waals surface area contributed by atoms with E-state index in [-0.39, 0.29) is 12.2 Å². The summed E-state index contributed by atoms with van der Waals surface area (Å²) >= 11 is 0. The molecule has 0 fully saturated rings. The van der Waals surface area contributed by atoms with Crippen molar-refractivity contribution < 1.29 is 19.0 Å². The summed E-state index contributed by atoms with van der Waals surface area (Å²) < 4.78 is 19.9. The molecule has 0 bridgehead atoms. The number of benzene rings is 3. The largest absolute Gasteiger partial charge is 0.493 e. The van der Waals surface area contributed by atoms with Gasteiger partial charge in [0.25, 0.3) is 0 Å². The number of aromatic nitrogens is 2. The molecule has 0 spiro atoms. The quantitative estimate of drug-likeness (QED) is 0.433. The average Bonchev–Trinajstić information content (AvgIpc) is 3.22. The van der Waals surface area contributed by atoms with Crippen molar-refractivity contribution in [2.45, 2.75) is 19.3 Å². The van der Waals surface area contributed by atoms with Crippen molar-refractivity contribution in [3.8, 4) is 16.9 Å². The molecule has 0 aliphatic carbocycles. The van der Waals surface area contributed by atoms with Crippen LogP contribution in [0.2, 0.25) is 0 Å². The number of nitrogens with zero attached hydrogens (tertiary/aromatic N) is 1. The Balaban J connectivity index is 1.61. The Morgan fingerprint density at radius 3 is 2.77 bits per heavy atom. The van der Waals surface area contributed by atoms with Gasteiger partial charge in [0.1, 0.15) is 11.6 Å². The normalized spacial score (nSPS) is 11.0. The summed E-state index contributed by atoms with van der Waals surface area (Å²) in [4.78, 5) is 10.9. The molecule has 6 heteroatoms. The van der Waals surface area contributed by atoms with Crippen LogP contribution in [0, 0.1) is 5.82 Å². The predicted molar refractivity (Wildman–Crippen MR) is 113 cm³/mol. The van der Waals surface area contributed by atoms with E-state index in [4.69, 9.17) is 9.84 Å². The third-order valence-corrected chi connectivity index (χ3v) is 5.01. The number of aliphatic carboxylic acids is 1. The molecule has 0 unspecified atom stereocenters. The molecule has 152 valence electrons. The number of halogens is 1. The van der Waals surface area contributed by atoms with Gasteiger partial charge in [-0.25, -0.2) is 4.39 Å². The van der Waals surface area contributed by atoms with Gasteiger partial charge in [0.2, 0.25) is 0 Å². The summed E-state index contributed by atoms with van der Waals surface area (Å²) in [6.07, 6.45) is 2.71. The van der Waals surface area contributed by atoms with Gasteiger partial charge >= 0.3 is 5.97 Å². The number of ether oxygens (including phenoxy) is 1. The van der Waals surface area contributed by atoms with Crippen molar-refractivity contribution in [1.82, 2.24) is 10.2 Å². The van der Waals surface area contributed by atoms with Gasteiger partial charge < -0.3 is 9.84 Å². The number of hydrogen-bond donors (Lipinski definition) is 2. The lowest BCUT2D eigenvalue weighted by atomic mass is 9.99. The lowest BCUT2D eigenvalue weighted by Gasteiger charge is -2.14. The van der Waals surface area contributed by atoms with E-state index in [1.54, 1.807) is 24.4 Å². The molecule has 0 aliphatic heterocycles. The van der Waals surface area contributed by atoms with Gasteiger partial charge in [0.05, 0.1) is 18.3 Å². The molecule has 0 radical (unpaired) electrons. The van der Waals surface area contributed by atoms with Crippen LogP contribution in [0.4, 0.5) is 4.39 Å². The van der Waals surface area contributed by atoms with Crippen molar-refractivity contribution in [3.63, 3.8) is 0 Å². The molecular formula is C24H21FN2O3. The molecule has 4 rings (SSSR count). The molecule has 5 nitrogen and oxygen atoms in total. The zero-order valence-corrected chi connectivity index (χ0v) is 16.3. The molecule has 4 aromatic rings. The molecule has 0 amide bonds. The molecule has 30 heavy (non-hydrogen) atoms. The maximum atomic E-state index is 13.9. The summed E-state index contributed by atoms with van der Waals surface area (Å²) in [6.45, 7) is 0.330. The Kier molecular flexibility index (Phi) is 5.75. The third kappa shape index (κ3) is 4.49. The van der Waals surface area contributed by atoms with Gasteiger partial charge in [-0.2, -0.15) is 5.10 Å². The minimum absolute atomic E-state index is 0.0632. The lowest BCUT2D eigenvalue weighted by molar-refractivity contribution is -0.136. The second-order valence-electron chi connectivity index (χ2n) is 7.09. The van der Waals surface area contributed by atoms with Gasteiger partial charge in [-0.05, 0) is 53.4 Å². The SMILES string of the molecule is O=C(O)CCc1ccc(OCCc2ccccc2F)c(-c2ccc3[nH]ncc3c2)c1. The number of fused-ring (bicyclic) bond motifs is 1. The molecule has 1 heterocycles. The highest BCUT2D eigenvalue weighted by Crippen LogP contribution is 2.33. The first-order valence-electron chi connectivity index (χ1n) is 9.74. The topological polar surface area (TPSA) is 75.2 Å². The van der Waals surface area contributed by atoms with E-state index in [0.29, 0.717) is 30.8 Å². The van der Waals surface area contributed by atoms with E-state index in [2.05, 4.69) is 10.2 Å². The fourth-order valence-electron chi connectivity index (χ4n) is 3.42. The van der Waals surface area contributed by atoms with E-state index in [1.807, 2.05) is 36.4 Å². The van der Waals surface area contributed by atoms with Crippen LogP contribution < -0.4 is 4.74 Å². The summed E-state index contributed by atoms with van der Waals surface area (Å²) in [5.74, 6) is -0.398. The van der Waals surface area contributed by atoms with Crippen LogP contribution in [0.5, 0.6) is 5.75 Å². The number of H-pyrrole nitrogens is 1. The Morgan fingerprint density at radius 1 is 1.07 bits per heavy atom. The number of hydrogen-bond acceptors (Lipinski definition) is 3. The summed E-state index contributed by atoms with van der Waals surface area (Å²) in [5, 5.41) is 17.0. The first kappa shape index (κ1) is 19.6. The number of rotatable bonds is 8. The van der Waals surface area contributed by atoms with Crippen LogP contribution in [0.25, 0.3) is 22.0 Å². The van der Waals surface area contributed by atoms with Crippen LogP contribution in [-0.2, 0) is 17.6 Å². The molecule has 0 atom stereocenters. The highest BCUT2D eigenvalue weighted by molar-refractivity contribution is 5.85. The van der Waals surface area contributed by atoms with E-state index in [1.165, 1.54) is 6.07 Å². The highest BCUT2D eigenvalue weighted by atomic mass is 19.1. The zero-order chi connectivity index (χ0) is 20.9. The van der Waals surface area contributed by atoms with Crippen LogP contribution in [0.3, 0.4) is 0 Å². The molecule has 1 aromatic heterocycles. The monoisotopic (exact) mass is 404 g/mol. The first-order chi connectivity index (χ1) is 14.6. The number of carbonyl (C=O) groups is 1. The average molecular weight is 404 g/mol. The van der Waals surface area contributed by atoms with Crippen molar-refractivity contribution in [1.29, 1.82) is 0 Å². The van der Waals surface area contributed by atoms with E-state index >= 15 is 0 Å². The fourth-order valence-corrected chi connectivity index (χ4v) is 3.42. The van der Waals surface area contributed by atoms with Crippen molar-refractivity contribution in [3.05, 3.63) is 83.8 Å². The second-order valence-corrected chi connectivity index (χ2v) is 7.09. The van der Waals surface area contributed by atoms with Crippen LogP contribution in [-0.4, -0.2) is 27.9 Å².